The lowest BCUT2D eigenvalue weighted by Gasteiger charge is -2.22. The van der Waals surface area contributed by atoms with Crippen molar-refractivity contribution in [2.24, 2.45) is 5.10 Å². The SMILES string of the molecule is COc1ccc(C2=NN(C(=O)CSc3nnc(CNC(=O)c4ccco4)n3Cc3ccccc3)[C@H](c3ccc(OC)cc3)C2)cc1. The summed E-state index contributed by atoms with van der Waals surface area (Å²) in [5.41, 5.74) is 3.71. The number of rotatable bonds is 12. The summed E-state index contributed by atoms with van der Waals surface area (Å²) in [6.45, 7) is 0.601. The molecule has 3 heterocycles. The molecule has 0 aliphatic carbocycles. The number of aromatic nitrogens is 3. The number of hydrazone groups is 1. The predicted octanol–water partition coefficient (Wildman–Crippen LogP) is 5.34. The molecule has 12 heteroatoms. The number of ether oxygens (including phenoxy) is 2. The minimum absolute atomic E-state index is 0.0811. The number of carbonyl (C=O) groups excluding carboxylic acids is 2. The first-order valence-electron chi connectivity index (χ1n) is 14.6. The molecule has 3 aromatic carbocycles. The van der Waals surface area contributed by atoms with Crippen LogP contribution in [-0.2, 0) is 17.9 Å². The zero-order chi connectivity index (χ0) is 31.9. The molecule has 234 valence electrons. The number of nitrogens with one attached hydrogen (secondary N) is 1. The summed E-state index contributed by atoms with van der Waals surface area (Å²) in [5.74, 6) is 1.80. The summed E-state index contributed by atoms with van der Waals surface area (Å²) < 4.78 is 17.8. The Balaban J connectivity index is 1.22. The molecule has 0 saturated carbocycles. The van der Waals surface area contributed by atoms with Gasteiger partial charge in [0.25, 0.3) is 11.8 Å². The summed E-state index contributed by atoms with van der Waals surface area (Å²) in [4.78, 5) is 26.4. The minimum Gasteiger partial charge on any atom is -0.497 e. The van der Waals surface area contributed by atoms with Crippen molar-refractivity contribution in [3.63, 3.8) is 0 Å². The van der Waals surface area contributed by atoms with E-state index >= 15 is 0 Å². The Morgan fingerprint density at radius 1 is 0.913 bits per heavy atom. The lowest BCUT2D eigenvalue weighted by Crippen LogP contribution is -2.28. The van der Waals surface area contributed by atoms with Crippen LogP contribution in [0.3, 0.4) is 0 Å². The number of thioether (sulfide) groups is 1. The first kappa shape index (κ1) is 30.7. The molecule has 1 aliphatic heterocycles. The number of hydrogen-bond acceptors (Lipinski definition) is 9. The van der Waals surface area contributed by atoms with Crippen LogP contribution in [0, 0.1) is 0 Å². The van der Waals surface area contributed by atoms with E-state index in [1.165, 1.54) is 18.0 Å². The van der Waals surface area contributed by atoms with E-state index in [2.05, 4.69) is 15.5 Å². The predicted molar refractivity (Wildman–Crippen MR) is 173 cm³/mol. The smallest absolute Gasteiger partial charge is 0.287 e. The van der Waals surface area contributed by atoms with E-state index in [9.17, 15) is 9.59 Å². The van der Waals surface area contributed by atoms with Gasteiger partial charge in [0, 0.05) is 6.42 Å². The normalized spacial score (nSPS) is 14.2. The molecular formula is C34H32N6O5S. The van der Waals surface area contributed by atoms with E-state index in [0.29, 0.717) is 23.9 Å². The Bertz CT molecular complexity index is 1810. The molecule has 0 spiro atoms. The van der Waals surface area contributed by atoms with E-state index < -0.39 is 0 Å². The van der Waals surface area contributed by atoms with Crippen molar-refractivity contribution in [1.82, 2.24) is 25.1 Å². The average molecular weight is 637 g/mol. The van der Waals surface area contributed by atoms with E-state index in [0.717, 1.165) is 33.9 Å². The van der Waals surface area contributed by atoms with Gasteiger partial charge >= 0.3 is 0 Å². The molecule has 11 nitrogen and oxygen atoms in total. The number of methoxy groups -OCH3 is 2. The topological polar surface area (TPSA) is 124 Å². The van der Waals surface area contributed by atoms with Gasteiger partial charge in [0.2, 0.25) is 0 Å². The standard InChI is InChI=1S/C34H32N6O5S/c1-43-26-14-10-24(11-15-26)28-19-29(25-12-16-27(44-2)17-13-25)40(38-28)32(41)22-46-34-37-36-31(20-35-33(42)30-9-6-18-45-30)39(34)21-23-7-4-3-5-8-23/h3-18,29H,19-22H2,1-2H3,(H,35,42)/t29-/m0/s1. The molecule has 2 aromatic heterocycles. The van der Waals surface area contributed by atoms with Crippen molar-refractivity contribution in [3.05, 3.63) is 126 Å². The first-order chi connectivity index (χ1) is 22.5. The number of nitrogens with zero attached hydrogens (tertiary/aromatic N) is 5. The van der Waals surface area contributed by atoms with Gasteiger partial charge < -0.3 is 23.8 Å². The van der Waals surface area contributed by atoms with Gasteiger partial charge in [-0.15, -0.1) is 10.2 Å². The molecule has 1 atom stereocenters. The second-order valence-corrected chi connectivity index (χ2v) is 11.4. The van der Waals surface area contributed by atoms with Crippen molar-refractivity contribution in [3.8, 4) is 11.5 Å². The number of hydrogen-bond donors (Lipinski definition) is 1. The highest BCUT2D eigenvalue weighted by molar-refractivity contribution is 7.99. The van der Waals surface area contributed by atoms with Gasteiger partial charge in [-0.05, 0) is 65.2 Å². The maximum absolute atomic E-state index is 13.9. The number of carbonyl (C=O) groups is 2. The van der Waals surface area contributed by atoms with Gasteiger partial charge in [-0.25, -0.2) is 5.01 Å². The van der Waals surface area contributed by atoms with Gasteiger partial charge in [-0.2, -0.15) is 5.10 Å². The molecule has 1 N–H and O–H groups in total. The molecule has 5 aromatic rings. The van der Waals surface area contributed by atoms with Crippen molar-refractivity contribution in [1.29, 1.82) is 0 Å². The largest absolute Gasteiger partial charge is 0.497 e. The van der Waals surface area contributed by atoms with Gasteiger partial charge in [-0.3, -0.25) is 9.59 Å². The van der Waals surface area contributed by atoms with Crippen LogP contribution in [0.15, 0.2) is 112 Å². The Morgan fingerprint density at radius 2 is 1.63 bits per heavy atom. The van der Waals surface area contributed by atoms with Crippen molar-refractivity contribution < 1.29 is 23.5 Å². The van der Waals surface area contributed by atoms with Crippen LogP contribution >= 0.6 is 11.8 Å². The highest BCUT2D eigenvalue weighted by Gasteiger charge is 2.33. The lowest BCUT2D eigenvalue weighted by molar-refractivity contribution is -0.130. The molecule has 0 bridgehead atoms. The summed E-state index contributed by atoms with van der Waals surface area (Å²) in [5, 5.41) is 18.5. The van der Waals surface area contributed by atoms with Gasteiger partial charge in [0.1, 0.15) is 11.5 Å². The van der Waals surface area contributed by atoms with E-state index in [1.807, 2.05) is 83.4 Å². The lowest BCUT2D eigenvalue weighted by atomic mass is 9.98. The zero-order valence-electron chi connectivity index (χ0n) is 25.3. The molecule has 6 rings (SSSR count). The van der Waals surface area contributed by atoms with Crippen LogP contribution in [0.1, 0.15) is 45.5 Å². The molecule has 0 unspecified atom stereocenters. The van der Waals surface area contributed by atoms with E-state index in [4.69, 9.17) is 19.0 Å². The molecule has 1 aliphatic rings. The molecule has 0 saturated heterocycles. The van der Waals surface area contributed by atoms with Crippen LogP contribution in [0.5, 0.6) is 11.5 Å². The van der Waals surface area contributed by atoms with E-state index in [-0.39, 0.29) is 35.9 Å². The Labute approximate surface area is 270 Å². The highest BCUT2D eigenvalue weighted by atomic mass is 32.2. The maximum atomic E-state index is 13.9. The van der Waals surface area contributed by atoms with Gasteiger partial charge in [0.05, 0.1) is 51.1 Å². The third-order valence-electron chi connectivity index (χ3n) is 7.54. The number of amides is 2. The molecular weight excluding hydrogens is 604 g/mol. The molecule has 0 fully saturated rings. The average Bonchev–Trinajstić information content (AvgIpc) is 3.88. The molecule has 2 amide bonds. The zero-order valence-corrected chi connectivity index (χ0v) is 26.1. The van der Waals surface area contributed by atoms with Crippen LogP contribution in [0.25, 0.3) is 0 Å². The van der Waals surface area contributed by atoms with Crippen molar-refractivity contribution in [2.45, 2.75) is 30.7 Å². The summed E-state index contributed by atoms with van der Waals surface area (Å²) >= 11 is 1.28. The molecule has 0 radical (unpaired) electrons. The summed E-state index contributed by atoms with van der Waals surface area (Å²) in [6.07, 6.45) is 2.00. The second-order valence-electron chi connectivity index (χ2n) is 10.4. The monoisotopic (exact) mass is 636 g/mol. The fraction of sp³-hybridized carbons (Fsp3) is 0.206. The highest BCUT2D eigenvalue weighted by Crippen LogP contribution is 2.35. The maximum Gasteiger partial charge on any atom is 0.287 e. The number of furan rings is 1. The third kappa shape index (κ3) is 6.97. The fourth-order valence-corrected chi connectivity index (χ4v) is 5.92. The van der Waals surface area contributed by atoms with Crippen LogP contribution in [0.2, 0.25) is 0 Å². The van der Waals surface area contributed by atoms with Crippen LogP contribution in [0.4, 0.5) is 0 Å². The Hall–Kier alpha value is -5.36. The summed E-state index contributed by atoms with van der Waals surface area (Å²) in [6, 6.07) is 28.2. The van der Waals surface area contributed by atoms with Crippen molar-refractivity contribution >= 4 is 29.3 Å². The molecule has 46 heavy (non-hydrogen) atoms. The quantitative estimate of drug-likeness (QED) is 0.182. The minimum atomic E-state index is -0.354. The first-order valence-corrected chi connectivity index (χ1v) is 15.6. The van der Waals surface area contributed by atoms with Gasteiger partial charge in [-0.1, -0.05) is 54.2 Å². The van der Waals surface area contributed by atoms with E-state index in [1.54, 1.807) is 31.4 Å². The van der Waals surface area contributed by atoms with Crippen LogP contribution < -0.4 is 14.8 Å². The third-order valence-corrected chi connectivity index (χ3v) is 8.49. The van der Waals surface area contributed by atoms with Gasteiger partial charge in [0.15, 0.2) is 16.7 Å². The van der Waals surface area contributed by atoms with Crippen molar-refractivity contribution in [2.75, 3.05) is 20.0 Å². The number of benzene rings is 3. The Kier molecular flexibility index (Phi) is 9.44. The van der Waals surface area contributed by atoms with Crippen LogP contribution in [-0.4, -0.2) is 57.3 Å². The Morgan fingerprint density at radius 3 is 2.30 bits per heavy atom. The second kappa shape index (κ2) is 14.2. The summed E-state index contributed by atoms with van der Waals surface area (Å²) in [7, 11) is 3.25. The fourth-order valence-electron chi connectivity index (χ4n) is 5.11.